The van der Waals surface area contributed by atoms with Crippen molar-refractivity contribution in [3.8, 4) is 6.07 Å². The van der Waals surface area contributed by atoms with E-state index in [4.69, 9.17) is 5.26 Å². The van der Waals surface area contributed by atoms with Gasteiger partial charge in [0.2, 0.25) is 0 Å². The first kappa shape index (κ1) is 17.2. The van der Waals surface area contributed by atoms with Gasteiger partial charge in [0, 0.05) is 12.2 Å². The maximum atomic E-state index is 12.2. The molecular formula is C21H18N4O. The standard InChI is InChI=1S/C21H18N4O/c22-14-17-7-4-8-18(13-17)25-21(26)20-10-9-19(15-24-20)23-12-11-16-5-2-1-3-6-16/h1-10,13,15,23H,11-12H2,(H,25,26). The molecule has 0 aliphatic carbocycles. The van der Waals surface area contributed by atoms with Crippen LogP contribution in [-0.2, 0) is 6.42 Å². The number of rotatable bonds is 6. The van der Waals surface area contributed by atoms with Crippen molar-refractivity contribution in [1.29, 1.82) is 5.26 Å². The monoisotopic (exact) mass is 342 g/mol. The largest absolute Gasteiger partial charge is 0.383 e. The average Bonchev–Trinajstić information content (AvgIpc) is 2.69. The first-order valence-electron chi connectivity index (χ1n) is 8.30. The average molecular weight is 342 g/mol. The molecule has 0 spiro atoms. The van der Waals surface area contributed by atoms with Crippen LogP contribution in [0.1, 0.15) is 21.6 Å². The second kappa shape index (κ2) is 8.45. The van der Waals surface area contributed by atoms with Gasteiger partial charge in [0.15, 0.2) is 0 Å². The van der Waals surface area contributed by atoms with E-state index < -0.39 is 0 Å². The molecule has 0 aliphatic heterocycles. The number of carbonyl (C=O) groups excluding carboxylic acids is 1. The summed E-state index contributed by atoms with van der Waals surface area (Å²) < 4.78 is 0. The molecule has 0 aliphatic rings. The highest BCUT2D eigenvalue weighted by molar-refractivity contribution is 6.03. The van der Waals surface area contributed by atoms with E-state index in [9.17, 15) is 4.79 Å². The molecule has 128 valence electrons. The molecule has 2 N–H and O–H groups in total. The number of hydrogen-bond donors (Lipinski definition) is 2. The van der Waals surface area contributed by atoms with Crippen LogP contribution >= 0.6 is 0 Å². The van der Waals surface area contributed by atoms with E-state index in [0.717, 1.165) is 18.7 Å². The molecule has 26 heavy (non-hydrogen) atoms. The lowest BCUT2D eigenvalue weighted by atomic mass is 10.1. The summed E-state index contributed by atoms with van der Waals surface area (Å²) in [6.07, 6.45) is 2.56. The molecule has 0 saturated heterocycles. The minimum Gasteiger partial charge on any atom is -0.383 e. The van der Waals surface area contributed by atoms with Crippen LogP contribution < -0.4 is 10.6 Å². The van der Waals surface area contributed by atoms with Crippen molar-refractivity contribution >= 4 is 17.3 Å². The third kappa shape index (κ3) is 4.68. The lowest BCUT2D eigenvalue weighted by Crippen LogP contribution is -2.14. The lowest BCUT2D eigenvalue weighted by molar-refractivity contribution is 0.102. The number of anilines is 2. The molecule has 5 heteroatoms. The van der Waals surface area contributed by atoms with Gasteiger partial charge in [0.1, 0.15) is 5.69 Å². The van der Waals surface area contributed by atoms with Gasteiger partial charge in [-0.3, -0.25) is 4.79 Å². The zero-order valence-electron chi connectivity index (χ0n) is 14.1. The number of amides is 1. The summed E-state index contributed by atoms with van der Waals surface area (Å²) >= 11 is 0. The maximum absolute atomic E-state index is 12.2. The second-order valence-electron chi connectivity index (χ2n) is 5.74. The van der Waals surface area contributed by atoms with Gasteiger partial charge in [-0.25, -0.2) is 4.98 Å². The predicted molar refractivity (Wildman–Crippen MR) is 102 cm³/mol. The Kier molecular flexibility index (Phi) is 5.58. The van der Waals surface area contributed by atoms with Crippen LogP contribution in [0.5, 0.6) is 0 Å². The van der Waals surface area contributed by atoms with Crippen LogP contribution in [0.25, 0.3) is 0 Å². The summed E-state index contributed by atoms with van der Waals surface area (Å²) in [6, 6.07) is 22.5. The Hall–Kier alpha value is -3.65. The highest BCUT2D eigenvalue weighted by Crippen LogP contribution is 2.12. The topological polar surface area (TPSA) is 77.8 Å². The van der Waals surface area contributed by atoms with E-state index in [1.807, 2.05) is 30.3 Å². The van der Waals surface area contributed by atoms with Crippen LogP contribution in [0.4, 0.5) is 11.4 Å². The molecule has 3 aromatic rings. The van der Waals surface area contributed by atoms with Crippen LogP contribution in [-0.4, -0.2) is 17.4 Å². The number of aromatic nitrogens is 1. The van der Waals surface area contributed by atoms with Crippen molar-refractivity contribution in [3.63, 3.8) is 0 Å². The van der Waals surface area contributed by atoms with E-state index in [1.165, 1.54) is 5.56 Å². The predicted octanol–water partition coefficient (Wildman–Crippen LogP) is 3.86. The first-order chi connectivity index (χ1) is 12.7. The highest BCUT2D eigenvalue weighted by Gasteiger charge is 2.08. The van der Waals surface area contributed by atoms with Gasteiger partial charge in [0.25, 0.3) is 5.91 Å². The Bertz CT molecular complexity index is 915. The number of hydrogen-bond acceptors (Lipinski definition) is 4. The summed E-state index contributed by atoms with van der Waals surface area (Å²) in [5.41, 5.74) is 3.52. The number of nitriles is 1. The molecule has 5 nitrogen and oxygen atoms in total. The zero-order valence-corrected chi connectivity index (χ0v) is 14.1. The first-order valence-corrected chi connectivity index (χ1v) is 8.30. The highest BCUT2D eigenvalue weighted by atomic mass is 16.1. The van der Waals surface area contributed by atoms with Gasteiger partial charge in [-0.2, -0.15) is 5.26 Å². The minimum absolute atomic E-state index is 0.309. The number of nitrogens with zero attached hydrogens (tertiary/aromatic N) is 2. The quantitative estimate of drug-likeness (QED) is 0.713. The summed E-state index contributed by atoms with van der Waals surface area (Å²) in [5, 5.41) is 14.9. The van der Waals surface area contributed by atoms with Crippen LogP contribution in [0.3, 0.4) is 0 Å². The van der Waals surface area contributed by atoms with E-state index in [-0.39, 0.29) is 5.91 Å². The van der Waals surface area contributed by atoms with E-state index >= 15 is 0 Å². The van der Waals surface area contributed by atoms with Crippen molar-refractivity contribution in [2.75, 3.05) is 17.2 Å². The molecule has 1 heterocycles. The fraction of sp³-hybridized carbons (Fsp3) is 0.0952. The van der Waals surface area contributed by atoms with E-state index in [1.54, 1.807) is 36.5 Å². The molecule has 2 aromatic carbocycles. The molecular weight excluding hydrogens is 324 g/mol. The fourth-order valence-corrected chi connectivity index (χ4v) is 2.49. The Morgan fingerprint density at radius 2 is 1.85 bits per heavy atom. The maximum Gasteiger partial charge on any atom is 0.274 e. The summed E-state index contributed by atoms with van der Waals surface area (Å²) in [4.78, 5) is 16.5. The van der Waals surface area contributed by atoms with Gasteiger partial charge in [-0.1, -0.05) is 36.4 Å². The summed E-state index contributed by atoms with van der Waals surface area (Å²) in [7, 11) is 0. The van der Waals surface area contributed by atoms with Crippen molar-refractivity contribution in [2.24, 2.45) is 0 Å². The molecule has 0 unspecified atom stereocenters. The molecule has 0 atom stereocenters. The van der Waals surface area contributed by atoms with Gasteiger partial charge >= 0.3 is 0 Å². The Morgan fingerprint density at radius 1 is 1.00 bits per heavy atom. The molecule has 3 rings (SSSR count). The molecule has 1 aromatic heterocycles. The van der Waals surface area contributed by atoms with Crippen molar-refractivity contribution in [1.82, 2.24) is 4.98 Å². The second-order valence-corrected chi connectivity index (χ2v) is 5.74. The molecule has 1 amide bonds. The number of benzene rings is 2. The Balaban J connectivity index is 1.55. The number of nitrogens with one attached hydrogen (secondary N) is 2. The smallest absolute Gasteiger partial charge is 0.274 e. The minimum atomic E-state index is -0.309. The summed E-state index contributed by atoms with van der Waals surface area (Å²) in [6.45, 7) is 0.790. The summed E-state index contributed by atoms with van der Waals surface area (Å²) in [5.74, 6) is -0.309. The van der Waals surface area contributed by atoms with E-state index in [2.05, 4.69) is 27.8 Å². The zero-order chi connectivity index (χ0) is 18.2. The molecule has 0 saturated carbocycles. The number of carbonyl (C=O) groups is 1. The van der Waals surface area contributed by atoms with Gasteiger partial charge in [-0.15, -0.1) is 0 Å². The Labute approximate surface area is 152 Å². The van der Waals surface area contributed by atoms with E-state index in [0.29, 0.717) is 16.9 Å². The van der Waals surface area contributed by atoms with Gasteiger partial charge in [0.05, 0.1) is 23.5 Å². The van der Waals surface area contributed by atoms with Crippen LogP contribution in [0, 0.1) is 11.3 Å². The van der Waals surface area contributed by atoms with Gasteiger partial charge < -0.3 is 10.6 Å². The molecule has 0 bridgehead atoms. The van der Waals surface area contributed by atoms with Crippen LogP contribution in [0.15, 0.2) is 72.9 Å². The normalized spacial score (nSPS) is 9.96. The van der Waals surface area contributed by atoms with Crippen LogP contribution in [0.2, 0.25) is 0 Å². The van der Waals surface area contributed by atoms with Crippen molar-refractivity contribution < 1.29 is 4.79 Å². The molecule has 0 radical (unpaired) electrons. The third-order valence-corrected chi connectivity index (χ3v) is 3.83. The Morgan fingerprint density at radius 3 is 2.58 bits per heavy atom. The SMILES string of the molecule is N#Cc1cccc(NC(=O)c2ccc(NCCc3ccccc3)cn2)c1. The number of pyridine rings is 1. The third-order valence-electron chi connectivity index (χ3n) is 3.83. The fourth-order valence-electron chi connectivity index (χ4n) is 2.49. The van der Waals surface area contributed by atoms with Crippen molar-refractivity contribution in [2.45, 2.75) is 6.42 Å². The lowest BCUT2D eigenvalue weighted by Gasteiger charge is -2.08. The van der Waals surface area contributed by atoms with Crippen molar-refractivity contribution in [3.05, 3.63) is 89.7 Å². The van der Waals surface area contributed by atoms with Gasteiger partial charge in [-0.05, 0) is 42.3 Å². The molecule has 0 fully saturated rings.